The normalized spacial score (nSPS) is 20.4. The number of aromatic nitrogens is 2. The van der Waals surface area contributed by atoms with Gasteiger partial charge in [0.15, 0.2) is 0 Å². The molecule has 2 aromatic rings. The third kappa shape index (κ3) is 4.56. The molecule has 0 radical (unpaired) electrons. The largest absolute Gasteiger partial charge is 0.488 e. The first kappa shape index (κ1) is 22.1. The van der Waals surface area contributed by atoms with Gasteiger partial charge in [-0.1, -0.05) is 12.1 Å². The minimum Gasteiger partial charge on any atom is -0.488 e. The lowest BCUT2D eigenvalue weighted by molar-refractivity contribution is -0.134. The van der Waals surface area contributed by atoms with Crippen LogP contribution in [0.1, 0.15) is 58.1 Å². The van der Waals surface area contributed by atoms with Crippen LogP contribution in [0.15, 0.2) is 18.2 Å². The van der Waals surface area contributed by atoms with Gasteiger partial charge >= 0.3 is 6.09 Å². The molecule has 1 unspecified atom stereocenters. The molecule has 1 atom stereocenters. The fraction of sp³-hybridized carbons (Fsp3) is 0.565. The summed E-state index contributed by atoms with van der Waals surface area (Å²) in [6, 6.07) is 5.72. The molecule has 0 bridgehead atoms. The summed E-state index contributed by atoms with van der Waals surface area (Å²) in [5, 5.41) is 7.87. The molecule has 4 rings (SSSR count). The van der Waals surface area contributed by atoms with E-state index in [0.29, 0.717) is 50.2 Å². The molecule has 0 saturated carbocycles. The first-order valence-corrected chi connectivity index (χ1v) is 11.1. The van der Waals surface area contributed by atoms with Crippen molar-refractivity contribution < 1.29 is 23.9 Å². The molecular weight excluding hydrogens is 412 g/mol. The number of piperidine rings is 2. The topological polar surface area (TPSA) is 103 Å². The second kappa shape index (κ2) is 8.44. The van der Waals surface area contributed by atoms with Crippen molar-refractivity contribution in [3.63, 3.8) is 0 Å². The number of imide groups is 1. The zero-order chi connectivity index (χ0) is 23.0. The predicted molar refractivity (Wildman–Crippen MR) is 117 cm³/mol. The second-order valence-corrected chi connectivity index (χ2v) is 9.45. The molecule has 9 nitrogen and oxygen atoms in total. The maximum atomic E-state index is 12.4. The van der Waals surface area contributed by atoms with Crippen LogP contribution in [0.4, 0.5) is 4.79 Å². The Bertz CT molecular complexity index is 1050. The Morgan fingerprint density at radius 3 is 2.53 bits per heavy atom. The Labute approximate surface area is 187 Å². The van der Waals surface area contributed by atoms with E-state index < -0.39 is 11.5 Å². The van der Waals surface area contributed by atoms with E-state index in [1.807, 2.05) is 46.0 Å². The standard InChI is InChI=1S/C23H30N4O5/c1-23(2,3)32-22(30)27-12-10-14(11-13-27)31-17-7-5-6-15-19(25-26(4)20(15)17)16-8-9-18(28)24-21(16)29/h5-7,14,16H,8-13H2,1-4H3,(H,24,28,29). The van der Waals surface area contributed by atoms with Gasteiger partial charge in [-0.05, 0) is 33.3 Å². The lowest BCUT2D eigenvalue weighted by Gasteiger charge is -2.33. The van der Waals surface area contributed by atoms with Gasteiger partial charge in [0.1, 0.15) is 23.0 Å². The zero-order valence-electron chi connectivity index (χ0n) is 19.0. The van der Waals surface area contributed by atoms with E-state index in [4.69, 9.17) is 9.47 Å². The van der Waals surface area contributed by atoms with Gasteiger partial charge in [0, 0.05) is 44.8 Å². The number of aryl methyl sites for hydroxylation is 1. The molecule has 1 N–H and O–H groups in total. The summed E-state index contributed by atoms with van der Waals surface area (Å²) >= 11 is 0. The average molecular weight is 443 g/mol. The molecule has 32 heavy (non-hydrogen) atoms. The van der Waals surface area contributed by atoms with Crippen molar-refractivity contribution in [1.29, 1.82) is 0 Å². The summed E-state index contributed by atoms with van der Waals surface area (Å²) in [6.07, 6.45) is 1.83. The van der Waals surface area contributed by atoms with E-state index in [-0.39, 0.29) is 24.0 Å². The third-order valence-electron chi connectivity index (χ3n) is 5.81. The SMILES string of the molecule is Cn1nc(C2CCC(=O)NC2=O)c2cccc(OC3CCN(C(=O)OC(C)(C)C)CC3)c21. The summed E-state index contributed by atoms with van der Waals surface area (Å²) in [6.45, 7) is 6.72. The lowest BCUT2D eigenvalue weighted by atomic mass is 9.93. The van der Waals surface area contributed by atoms with Gasteiger partial charge in [-0.3, -0.25) is 19.6 Å². The van der Waals surface area contributed by atoms with Crippen LogP contribution < -0.4 is 10.1 Å². The molecule has 3 heterocycles. The Morgan fingerprint density at radius 1 is 1.16 bits per heavy atom. The fourth-order valence-electron chi connectivity index (χ4n) is 4.30. The highest BCUT2D eigenvalue weighted by Crippen LogP contribution is 2.35. The minimum atomic E-state index is -0.514. The van der Waals surface area contributed by atoms with E-state index in [9.17, 15) is 14.4 Å². The smallest absolute Gasteiger partial charge is 0.410 e. The van der Waals surface area contributed by atoms with Gasteiger partial charge < -0.3 is 14.4 Å². The van der Waals surface area contributed by atoms with E-state index in [1.165, 1.54) is 0 Å². The quantitative estimate of drug-likeness (QED) is 0.734. The number of rotatable bonds is 3. The van der Waals surface area contributed by atoms with E-state index in [1.54, 1.807) is 9.58 Å². The summed E-state index contributed by atoms with van der Waals surface area (Å²) < 4.78 is 13.5. The van der Waals surface area contributed by atoms with Crippen LogP contribution in [0.2, 0.25) is 0 Å². The van der Waals surface area contributed by atoms with Crippen LogP contribution in [-0.4, -0.2) is 57.4 Å². The fourth-order valence-corrected chi connectivity index (χ4v) is 4.30. The first-order chi connectivity index (χ1) is 15.1. The second-order valence-electron chi connectivity index (χ2n) is 9.45. The highest BCUT2D eigenvalue weighted by molar-refractivity contribution is 6.02. The molecule has 0 spiro atoms. The molecule has 0 aliphatic carbocycles. The van der Waals surface area contributed by atoms with Gasteiger partial charge in [-0.25, -0.2) is 4.79 Å². The predicted octanol–water partition coefficient (Wildman–Crippen LogP) is 2.87. The van der Waals surface area contributed by atoms with Gasteiger partial charge in [-0.2, -0.15) is 5.10 Å². The number of para-hydroxylation sites is 1. The third-order valence-corrected chi connectivity index (χ3v) is 5.81. The molecule has 2 saturated heterocycles. The minimum absolute atomic E-state index is 0.0340. The first-order valence-electron chi connectivity index (χ1n) is 11.1. The molecule has 9 heteroatoms. The monoisotopic (exact) mass is 442 g/mol. The molecule has 1 aromatic heterocycles. The van der Waals surface area contributed by atoms with Crippen LogP contribution in [0.3, 0.4) is 0 Å². The van der Waals surface area contributed by atoms with E-state index in [0.717, 1.165) is 10.9 Å². The molecule has 2 aliphatic heterocycles. The number of nitrogens with one attached hydrogen (secondary N) is 1. The Morgan fingerprint density at radius 2 is 1.88 bits per heavy atom. The van der Waals surface area contributed by atoms with Gasteiger partial charge in [0.2, 0.25) is 11.8 Å². The average Bonchev–Trinajstić information content (AvgIpc) is 3.05. The van der Waals surface area contributed by atoms with Gasteiger partial charge in [-0.15, -0.1) is 0 Å². The van der Waals surface area contributed by atoms with Crippen LogP contribution in [-0.2, 0) is 21.4 Å². The number of amides is 3. The van der Waals surface area contributed by atoms with Crippen molar-refractivity contribution in [3.05, 3.63) is 23.9 Å². The number of nitrogens with zero attached hydrogens (tertiary/aromatic N) is 3. The maximum absolute atomic E-state index is 12.4. The number of benzene rings is 1. The van der Waals surface area contributed by atoms with Crippen molar-refractivity contribution in [2.24, 2.45) is 7.05 Å². The molecule has 1 aromatic carbocycles. The van der Waals surface area contributed by atoms with Crippen LogP contribution in [0.25, 0.3) is 10.9 Å². The number of hydrogen-bond acceptors (Lipinski definition) is 6. The summed E-state index contributed by atoms with van der Waals surface area (Å²) in [5.41, 5.74) is 0.972. The van der Waals surface area contributed by atoms with Crippen LogP contribution in [0.5, 0.6) is 5.75 Å². The van der Waals surface area contributed by atoms with E-state index >= 15 is 0 Å². The summed E-state index contributed by atoms with van der Waals surface area (Å²) in [7, 11) is 1.83. The molecule has 3 amide bonds. The molecule has 2 aliphatic rings. The highest BCUT2D eigenvalue weighted by Gasteiger charge is 2.33. The number of likely N-dealkylation sites (tertiary alicyclic amines) is 1. The molecule has 2 fully saturated rings. The Kier molecular flexibility index (Phi) is 5.83. The van der Waals surface area contributed by atoms with Gasteiger partial charge in [0.25, 0.3) is 0 Å². The maximum Gasteiger partial charge on any atom is 0.410 e. The number of carbonyl (C=O) groups excluding carboxylic acids is 3. The van der Waals surface area contributed by atoms with Crippen molar-refractivity contribution >= 4 is 28.8 Å². The Balaban J connectivity index is 1.48. The summed E-state index contributed by atoms with van der Waals surface area (Å²) in [4.78, 5) is 37.9. The van der Waals surface area contributed by atoms with E-state index in [2.05, 4.69) is 10.4 Å². The number of carbonyl (C=O) groups is 3. The van der Waals surface area contributed by atoms with Crippen molar-refractivity contribution in [3.8, 4) is 5.75 Å². The highest BCUT2D eigenvalue weighted by atomic mass is 16.6. The van der Waals surface area contributed by atoms with Crippen molar-refractivity contribution in [2.75, 3.05) is 13.1 Å². The number of hydrogen-bond donors (Lipinski definition) is 1. The molecular formula is C23H30N4O5. The lowest BCUT2D eigenvalue weighted by Crippen LogP contribution is -2.44. The van der Waals surface area contributed by atoms with Crippen LogP contribution in [0, 0.1) is 0 Å². The number of fused-ring (bicyclic) bond motifs is 1. The van der Waals surface area contributed by atoms with Gasteiger partial charge in [0.05, 0.1) is 11.6 Å². The van der Waals surface area contributed by atoms with Crippen molar-refractivity contribution in [2.45, 2.75) is 64.1 Å². The summed E-state index contributed by atoms with van der Waals surface area (Å²) in [5.74, 6) is -0.300. The molecule has 172 valence electrons. The number of ether oxygens (including phenoxy) is 2. The Hall–Kier alpha value is -3.10. The van der Waals surface area contributed by atoms with Crippen molar-refractivity contribution in [1.82, 2.24) is 20.0 Å². The van der Waals surface area contributed by atoms with Crippen LogP contribution >= 0.6 is 0 Å². The zero-order valence-corrected chi connectivity index (χ0v) is 19.0.